The molecule has 0 spiro atoms. The largest absolute Gasteiger partial charge is 0.396 e. The first-order valence-electron chi connectivity index (χ1n) is 7.97. The molecule has 0 bridgehead atoms. The number of aliphatic hydroxyl groups excluding tert-OH is 1. The summed E-state index contributed by atoms with van der Waals surface area (Å²) < 4.78 is 5.01. The number of aromatic nitrogens is 1. The predicted molar refractivity (Wildman–Crippen MR) is 97.7 cm³/mol. The molecule has 0 fully saturated rings. The molecule has 0 saturated heterocycles. The van der Waals surface area contributed by atoms with Gasteiger partial charge in [-0.05, 0) is 31.0 Å². The average Bonchev–Trinajstić information content (AvgIpc) is 3.04. The molecule has 1 unspecified atom stereocenters. The number of carbonyl (C=O) groups is 1. The molecular weight excluding hydrogens is 340 g/mol. The number of amides is 1. The third kappa shape index (κ3) is 4.02. The Morgan fingerprint density at radius 2 is 2.32 bits per heavy atom. The lowest BCUT2D eigenvalue weighted by atomic mass is 9.89. The van der Waals surface area contributed by atoms with Crippen molar-refractivity contribution in [2.75, 3.05) is 17.7 Å². The highest BCUT2D eigenvalue weighted by Crippen LogP contribution is 2.35. The molecule has 0 aliphatic carbocycles. The van der Waals surface area contributed by atoms with Gasteiger partial charge >= 0.3 is 0 Å². The van der Waals surface area contributed by atoms with Crippen LogP contribution in [0.4, 0.5) is 5.69 Å². The number of thioether (sulfide) groups is 1. The third-order valence-electron chi connectivity index (χ3n) is 4.09. The van der Waals surface area contributed by atoms with Gasteiger partial charge < -0.3 is 20.7 Å². The van der Waals surface area contributed by atoms with Gasteiger partial charge in [0.05, 0.1) is 12.1 Å². The number of rotatable bonds is 5. The van der Waals surface area contributed by atoms with Gasteiger partial charge in [-0.2, -0.15) is 0 Å². The number of nitrogens with two attached hydrogens (primary N) is 1. The zero-order valence-corrected chi connectivity index (χ0v) is 14.7. The number of aliphatic imine (C=N–C) groups is 1. The molecule has 8 heteroatoms. The second-order valence-electron chi connectivity index (χ2n) is 6.01. The standard InChI is InChI=1S/C17H20N4O3S/c1-17(6-8-25-16(18)20-17)11-3-2-4-12(9-11)19-15(23)14-10-13(5-7-22)24-21-14/h2-4,9-10,22H,5-8H2,1H3,(H2,18,20)(H,19,23). The summed E-state index contributed by atoms with van der Waals surface area (Å²) in [4.78, 5) is 16.9. The molecular formula is C17H20N4O3S. The Morgan fingerprint density at radius 3 is 3.08 bits per heavy atom. The number of nitrogens with zero attached hydrogens (tertiary/aromatic N) is 2. The molecule has 1 aromatic carbocycles. The molecule has 3 rings (SSSR count). The Labute approximate surface area is 149 Å². The van der Waals surface area contributed by atoms with E-state index in [0.29, 0.717) is 23.0 Å². The van der Waals surface area contributed by atoms with Crippen LogP contribution in [0.3, 0.4) is 0 Å². The van der Waals surface area contributed by atoms with Crippen molar-refractivity contribution >= 4 is 28.5 Å². The molecule has 25 heavy (non-hydrogen) atoms. The number of hydrogen-bond donors (Lipinski definition) is 3. The van der Waals surface area contributed by atoms with E-state index in [1.54, 1.807) is 11.8 Å². The molecule has 0 radical (unpaired) electrons. The van der Waals surface area contributed by atoms with Crippen molar-refractivity contribution < 1.29 is 14.4 Å². The number of anilines is 1. The lowest BCUT2D eigenvalue weighted by molar-refractivity contribution is 0.101. The highest BCUT2D eigenvalue weighted by Gasteiger charge is 2.29. The van der Waals surface area contributed by atoms with Crippen LogP contribution in [0.5, 0.6) is 0 Å². The maximum Gasteiger partial charge on any atom is 0.277 e. The van der Waals surface area contributed by atoms with Crippen LogP contribution >= 0.6 is 11.8 Å². The second-order valence-corrected chi connectivity index (χ2v) is 7.12. The zero-order valence-electron chi connectivity index (χ0n) is 13.9. The maximum absolute atomic E-state index is 12.3. The lowest BCUT2D eigenvalue weighted by Crippen LogP contribution is -2.28. The SMILES string of the molecule is CC1(c2cccc(NC(=O)c3cc(CCO)on3)c2)CCSC(N)=N1. The number of benzene rings is 1. The summed E-state index contributed by atoms with van der Waals surface area (Å²) in [6, 6.07) is 9.10. The lowest BCUT2D eigenvalue weighted by Gasteiger charge is -2.30. The van der Waals surface area contributed by atoms with E-state index in [-0.39, 0.29) is 18.2 Å². The number of amidine groups is 1. The predicted octanol–water partition coefficient (Wildman–Crippen LogP) is 2.13. The van der Waals surface area contributed by atoms with Gasteiger partial charge in [0.15, 0.2) is 10.9 Å². The minimum Gasteiger partial charge on any atom is -0.396 e. The Morgan fingerprint density at radius 1 is 1.48 bits per heavy atom. The number of hydrogen-bond acceptors (Lipinski definition) is 7. The summed E-state index contributed by atoms with van der Waals surface area (Å²) in [5, 5.41) is 16.0. The van der Waals surface area contributed by atoms with Crippen molar-refractivity contribution in [3.63, 3.8) is 0 Å². The first-order valence-corrected chi connectivity index (χ1v) is 8.95. The Kier molecular flexibility index (Phi) is 5.10. The van der Waals surface area contributed by atoms with Gasteiger partial charge in [0, 0.05) is 23.9 Å². The highest BCUT2D eigenvalue weighted by molar-refractivity contribution is 8.13. The summed E-state index contributed by atoms with van der Waals surface area (Å²) in [6.07, 6.45) is 1.20. The van der Waals surface area contributed by atoms with Crippen LogP contribution in [-0.2, 0) is 12.0 Å². The molecule has 1 aromatic heterocycles. The molecule has 1 amide bonds. The molecule has 2 heterocycles. The van der Waals surface area contributed by atoms with Gasteiger partial charge in [0.1, 0.15) is 5.76 Å². The molecule has 4 N–H and O–H groups in total. The van der Waals surface area contributed by atoms with Crippen LogP contribution in [0, 0.1) is 0 Å². The quantitative estimate of drug-likeness (QED) is 0.753. The molecule has 0 saturated carbocycles. The topological polar surface area (TPSA) is 114 Å². The zero-order chi connectivity index (χ0) is 17.9. The third-order valence-corrected chi connectivity index (χ3v) is 4.88. The number of aliphatic hydroxyl groups is 1. The fraction of sp³-hybridized carbons (Fsp3) is 0.353. The number of nitrogens with one attached hydrogen (secondary N) is 1. The van der Waals surface area contributed by atoms with E-state index in [9.17, 15) is 4.79 Å². The molecule has 1 aliphatic rings. The average molecular weight is 360 g/mol. The highest BCUT2D eigenvalue weighted by atomic mass is 32.2. The molecule has 1 aliphatic heterocycles. The van der Waals surface area contributed by atoms with Crippen molar-refractivity contribution in [3.05, 3.63) is 47.3 Å². The Bertz CT molecular complexity index is 805. The van der Waals surface area contributed by atoms with Gasteiger partial charge in [-0.3, -0.25) is 9.79 Å². The van der Waals surface area contributed by atoms with E-state index in [1.807, 2.05) is 31.2 Å². The molecule has 132 valence electrons. The van der Waals surface area contributed by atoms with Crippen molar-refractivity contribution in [2.24, 2.45) is 10.7 Å². The summed E-state index contributed by atoms with van der Waals surface area (Å²) in [5.41, 5.74) is 7.31. The van der Waals surface area contributed by atoms with Crippen molar-refractivity contribution in [2.45, 2.75) is 25.3 Å². The molecule has 7 nitrogen and oxygen atoms in total. The van der Waals surface area contributed by atoms with E-state index in [2.05, 4.69) is 15.5 Å². The summed E-state index contributed by atoms with van der Waals surface area (Å²) >= 11 is 1.55. The van der Waals surface area contributed by atoms with E-state index in [0.717, 1.165) is 17.7 Å². The fourth-order valence-electron chi connectivity index (χ4n) is 2.67. The minimum absolute atomic E-state index is 0.0567. The fourth-order valence-corrected chi connectivity index (χ4v) is 3.64. The van der Waals surface area contributed by atoms with Crippen LogP contribution in [0.1, 0.15) is 35.2 Å². The van der Waals surface area contributed by atoms with Gasteiger partial charge in [-0.15, -0.1) is 0 Å². The van der Waals surface area contributed by atoms with E-state index in [4.69, 9.17) is 15.4 Å². The molecule has 2 aromatic rings. The first-order chi connectivity index (χ1) is 12.0. The van der Waals surface area contributed by atoms with Gasteiger partial charge in [-0.25, -0.2) is 0 Å². The maximum atomic E-state index is 12.3. The van der Waals surface area contributed by atoms with Crippen molar-refractivity contribution in [3.8, 4) is 0 Å². The number of carbonyl (C=O) groups excluding carboxylic acids is 1. The van der Waals surface area contributed by atoms with Crippen LogP contribution < -0.4 is 11.1 Å². The normalized spacial score (nSPS) is 20.2. The van der Waals surface area contributed by atoms with Crippen molar-refractivity contribution in [1.82, 2.24) is 5.16 Å². The second kappa shape index (κ2) is 7.28. The van der Waals surface area contributed by atoms with Crippen LogP contribution in [0.2, 0.25) is 0 Å². The smallest absolute Gasteiger partial charge is 0.277 e. The first kappa shape index (κ1) is 17.5. The van der Waals surface area contributed by atoms with E-state index < -0.39 is 5.54 Å². The van der Waals surface area contributed by atoms with E-state index in [1.165, 1.54) is 6.07 Å². The monoisotopic (exact) mass is 360 g/mol. The van der Waals surface area contributed by atoms with Crippen LogP contribution in [-0.4, -0.2) is 33.7 Å². The van der Waals surface area contributed by atoms with E-state index >= 15 is 0 Å². The van der Waals surface area contributed by atoms with Gasteiger partial charge in [0.2, 0.25) is 0 Å². The minimum atomic E-state index is -0.391. The van der Waals surface area contributed by atoms with Crippen LogP contribution in [0.15, 0.2) is 39.8 Å². The van der Waals surface area contributed by atoms with Gasteiger partial charge in [-0.1, -0.05) is 29.1 Å². The molecule has 1 atom stereocenters. The Balaban J connectivity index is 1.77. The van der Waals surface area contributed by atoms with Crippen molar-refractivity contribution in [1.29, 1.82) is 0 Å². The van der Waals surface area contributed by atoms with Crippen LogP contribution in [0.25, 0.3) is 0 Å². The van der Waals surface area contributed by atoms with Gasteiger partial charge in [0.25, 0.3) is 5.91 Å². The summed E-state index contributed by atoms with van der Waals surface area (Å²) in [7, 11) is 0. The summed E-state index contributed by atoms with van der Waals surface area (Å²) in [6.45, 7) is 1.98. The summed E-state index contributed by atoms with van der Waals surface area (Å²) in [5.74, 6) is 1.02. The Hall–Kier alpha value is -2.32.